The number of para-hydroxylation sites is 1. The molecule has 0 bridgehead atoms. The fourth-order valence-electron chi connectivity index (χ4n) is 2.22. The van der Waals surface area contributed by atoms with Crippen molar-refractivity contribution in [3.05, 3.63) is 78.8 Å². The molecule has 5 nitrogen and oxygen atoms in total. The smallest absolute Gasteiger partial charge is 0.291 e. The fourth-order valence-corrected chi connectivity index (χ4v) is 2.22. The third-order valence-corrected chi connectivity index (χ3v) is 3.41. The van der Waals surface area contributed by atoms with E-state index in [1.54, 1.807) is 24.3 Å². The molecule has 0 aliphatic rings. The van der Waals surface area contributed by atoms with Gasteiger partial charge in [-0.3, -0.25) is 4.79 Å². The molecule has 5 heteroatoms. The summed E-state index contributed by atoms with van der Waals surface area (Å²) in [7, 11) is 0. The van der Waals surface area contributed by atoms with Gasteiger partial charge < -0.3 is 19.2 Å². The first-order chi connectivity index (χ1) is 12.3. The molecule has 25 heavy (non-hydrogen) atoms. The van der Waals surface area contributed by atoms with Crippen LogP contribution in [0.15, 0.2) is 77.4 Å². The third-order valence-electron chi connectivity index (χ3n) is 3.41. The highest BCUT2D eigenvalue weighted by Gasteiger charge is 2.08. The molecule has 0 fully saturated rings. The van der Waals surface area contributed by atoms with Crippen molar-refractivity contribution in [1.29, 1.82) is 0 Å². The second-order valence-electron chi connectivity index (χ2n) is 5.32. The Morgan fingerprint density at radius 2 is 1.64 bits per heavy atom. The summed E-state index contributed by atoms with van der Waals surface area (Å²) in [6, 6.07) is 20.2. The summed E-state index contributed by atoms with van der Waals surface area (Å²) in [5.74, 6) is 1.52. The van der Waals surface area contributed by atoms with Gasteiger partial charge in [-0.1, -0.05) is 24.3 Å². The SMILES string of the molecule is O=C(Nc1cccc(OCCCOc2ccccc2)c1)c1ccco1. The van der Waals surface area contributed by atoms with Crippen LogP contribution in [-0.4, -0.2) is 19.1 Å². The van der Waals surface area contributed by atoms with Crippen LogP contribution in [0.5, 0.6) is 11.5 Å². The summed E-state index contributed by atoms with van der Waals surface area (Å²) in [6.45, 7) is 1.11. The van der Waals surface area contributed by atoms with Gasteiger partial charge in [-0.25, -0.2) is 0 Å². The van der Waals surface area contributed by atoms with Gasteiger partial charge in [0.15, 0.2) is 5.76 Å². The minimum atomic E-state index is -0.293. The zero-order valence-corrected chi connectivity index (χ0v) is 13.7. The van der Waals surface area contributed by atoms with Gasteiger partial charge in [-0.05, 0) is 36.4 Å². The highest BCUT2D eigenvalue weighted by Crippen LogP contribution is 2.18. The lowest BCUT2D eigenvalue weighted by atomic mass is 10.3. The molecule has 1 amide bonds. The topological polar surface area (TPSA) is 60.7 Å². The normalized spacial score (nSPS) is 10.2. The van der Waals surface area contributed by atoms with Crippen LogP contribution >= 0.6 is 0 Å². The Kier molecular flexibility index (Phi) is 5.72. The fraction of sp³-hybridized carbons (Fsp3) is 0.150. The molecule has 0 aliphatic heterocycles. The lowest BCUT2D eigenvalue weighted by Crippen LogP contribution is -2.11. The molecule has 0 aliphatic carbocycles. The second kappa shape index (κ2) is 8.59. The van der Waals surface area contributed by atoms with Crippen LogP contribution in [0.2, 0.25) is 0 Å². The van der Waals surface area contributed by atoms with E-state index in [1.165, 1.54) is 6.26 Å². The number of anilines is 1. The van der Waals surface area contributed by atoms with Crippen molar-refractivity contribution < 1.29 is 18.7 Å². The number of hydrogen-bond acceptors (Lipinski definition) is 4. The average Bonchev–Trinajstić information content (AvgIpc) is 3.17. The molecular weight excluding hydrogens is 318 g/mol. The van der Waals surface area contributed by atoms with Crippen LogP contribution in [0.3, 0.4) is 0 Å². The van der Waals surface area contributed by atoms with Crippen LogP contribution in [-0.2, 0) is 0 Å². The summed E-state index contributed by atoms with van der Waals surface area (Å²) in [4.78, 5) is 12.0. The Morgan fingerprint density at radius 3 is 2.40 bits per heavy atom. The summed E-state index contributed by atoms with van der Waals surface area (Å²) in [5, 5.41) is 2.77. The highest BCUT2D eigenvalue weighted by atomic mass is 16.5. The van der Waals surface area contributed by atoms with E-state index in [0.29, 0.717) is 24.7 Å². The number of furan rings is 1. The number of nitrogens with one attached hydrogen (secondary N) is 1. The molecule has 0 saturated carbocycles. The van der Waals surface area contributed by atoms with E-state index in [-0.39, 0.29) is 11.7 Å². The van der Waals surface area contributed by atoms with Gasteiger partial charge in [0.1, 0.15) is 11.5 Å². The predicted molar refractivity (Wildman–Crippen MR) is 95.2 cm³/mol. The Bertz CT molecular complexity index is 784. The maximum atomic E-state index is 12.0. The molecule has 0 spiro atoms. The lowest BCUT2D eigenvalue weighted by Gasteiger charge is -2.09. The van der Waals surface area contributed by atoms with Crippen molar-refractivity contribution in [2.75, 3.05) is 18.5 Å². The summed E-state index contributed by atoms with van der Waals surface area (Å²) >= 11 is 0. The molecular formula is C20H19NO4. The minimum absolute atomic E-state index is 0.268. The van der Waals surface area contributed by atoms with Crippen molar-refractivity contribution in [1.82, 2.24) is 0 Å². The number of carbonyl (C=O) groups is 1. The first-order valence-corrected chi connectivity index (χ1v) is 8.07. The minimum Gasteiger partial charge on any atom is -0.493 e. The van der Waals surface area contributed by atoms with E-state index >= 15 is 0 Å². The van der Waals surface area contributed by atoms with E-state index in [2.05, 4.69) is 5.32 Å². The summed E-state index contributed by atoms with van der Waals surface area (Å²) in [5.41, 5.74) is 0.652. The molecule has 128 valence electrons. The molecule has 0 unspecified atom stereocenters. The quantitative estimate of drug-likeness (QED) is 0.620. The predicted octanol–water partition coefficient (Wildman–Crippen LogP) is 4.38. The van der Waals surface area contributed by atoms with Crippen LogP contribution in [0.1, 0.15) is 17.0 Å². The number of benzene rings is 2. The van der Waals surface area contributed by atoms with Gasteiger partial charge in [0.05, 0.1) is 19.5 Å². The molecule has 1 aromatic heterocycles. The van der Waals surface area contributed by atoms with Crippen molar-refractivity contribution in [2.24, 2.45) is 0 Å². The van der Waals surface area contributed by atoms with Gasteiger partial charge >= 0.3 is 0 Å². The van der Waals surface area contributed by atoms with E-state index in [9.17, 15) is 4.79 Å². The Balaban J connectivity index is 1.43. The zero-order valence-electron chi connectivity index (χ0n) is 13.7. The lowest BCUT2D eigenvalue weighted by molar-refractivity contribution is 0.0996. The van der Waals surface area contributed by atoms with Gasteiger partial charge in [0.2, 0.25) is 0 Å². The van der Waals surface area contributed by atoms with Gasteiger partial charge in [0, 0.05) is 18.2 Å². The molecule has 3 aromatic rings. The molecule has 2 aromatic carbocycles. The van der Waals surface area contributed by atoms with Gasteiger partial charge in [-0.2, -0.15) is 0 Å². The van der Waals surface area contributed by atoms with Gasteiger partial charge in [0.25, 0.3) is 5.91 Å². The largest absolute Gasteiger partial charge is 0.493 e. The summed E-state index contributed by atoms with van der Waals surface area (Å²) < 4.78 is 16.4. The third kappa shape index (κ3) is 5.14. The van der Waals surface area contributed by atoms with Crippen LogP contribution in [0.25, 0.3) is 0 Å². The number of rotatable bonds is 8. The van der Waals surface area contributed by atoms with E-state index in [1.807, 2.05) is 42.5 Å². The monoisotopic (exact) mass is 337 g/mol. The maximum Gasteiger partial charge on any atom is 0.291 e. The van der Waals surface area contributed by atoms with E-state index in [4.69, 9.17) is 13.9 Å². The Labute approximate surface area is 146 Å². The first-order valence-electron chi connectivity index (χ1n) is 8.07. The van der Waals surface area contributed by atoms with Crippen LogP contribution in [0, 0.1) is 0 Å². The number of ether oxygens (including phenoxy) is 2. The molecule has 0 saturated heterocycles. The maximum absolute atomic E-state index is 12.0. The Morgan fingerprint density at radius 1 is 0.880 bits per heavy atom. The van der Waals surface area contributed by atoms with Crippen LogP contribution in [0.4, 0.5) is 5.69 Å². The zero-order chi connectivity index (χ0) is 17.3. The molecule has 3 rings (SSSR count). The van der Waals surface area contributed by atoms with Crippen molar-refractivity contribution >= 4 is 11.6 Å². The molecule has 1 N–H and O–H groups in total. The summed E-state index contributed by atoms with van der Waals surface area (Å²) in [6.07, 6.45) is 2.23. The van der Waals surface area contributed by atoms with Gasteiger partial charge in [-0.15, -0.1) is 0 Å². The van der Waals surface area contributed by atoms with Crippen molar-refractivity contribution in [2.45, 2.75) is 6.42 Å². The number of amides is 1. The molecule has 0 radical (unpaired) electrons. The first kappa shape index (κ1) is 16.6. The van der Waals surface area contributed by atoms with Crippen LogP contribution < -0.4 is 14.8 Å². The van der Waals surface area contributed by atoms with E-state index in [0.717, 1.165) is 12.2 Å². The Hall–Kier alpha value is -3.21. The average molecular weight is 337 g/mol. The molecule has 0 atom stereocenters. The number of hydrogen-bond donors (Lipinski definition) is 1. The molecule has 1 heterocycles. The van der Waals surface area contributed by atoms with Crippen molar-refractivity contribution in [3.63, 3.8) is 0 Å². The highest BCUT2D eigenvalue weighted by molar-refractivity contribution is 6.02. The number of carbonyl (C=O) groups excluding carboxylic acids is 1. The second-order valence-corrected chi connectivity index (χ2v) is 5.32. The standard InChI is InChI=1S/C20H19NO4/c22-20(19-11-5-12-25-19)21-16-7-4-10-18(15-16)24-14-6-13-23-17-8-2-1-3-9-17/h1-5,7-12,15H,6,13-14H2,(H,21,22). The van der Waals surface area contributed by atoms with E-state index < -0.39 is 0 Å². The van der Waals surface area contributed by atoms with Crippen molar-refractivity contribution in [3.8, 4) is 11.5 Å².